The molecule has 0 atom stereocenters. The minimum absolute atomic E-state index is 0.0656. The first kappa shape index (κ1) is 15.7. The second-order valence-corrected chi connectivity index (χ2v) is 6.20. The molecule has 2 heterocycles. The zero-order valence-electron chi connectivity index (χ0n) is 13.6. The number of carbonyl (C=O) groups is 2. The van der Waals surface area contributed by atoms with Crippen LogP contribution in [-0.2, 0) is 16.1 Å². The van der Waals surface area contributed by atoms with Gasteiger partial charge >= 0.3 is 0 Å². The van der Waals surface area contributed by atoms with E-state index in [1.165, 1.54) is 0 Å². The third-order valence-corrected chi connectivity index (χ3v) is 4.25. The highest BCUT2D eigenvalue weighted by Gasteiger charge is 2.21. The van der Waals surface area contributed by atoms with E-state index in [4.69, 9.17) is 4.74 Å². The Labute approximate surface area is 135 Å². The lowest BCUT2D eigenvalue weighted by molar-refractivity contribution is -0.135. The fourth-order valence-electron chi connectivity index (χ4n) is 2.94. The van der Waals surface area contributed by atoms with E-state index in [-0.39, 0.29) is 24.2 Å². The monoisotopic (exact) mass is 314 g/mol. The number of para-hydroxylation sites is 1. The molecule has 5 heteroatoms. The Morgan fingerprint density at radius 1 is 1.17 bits per heavy atom. The number of aromatic nitrogens is 1. The molecule has 3 rings (SSSR count). The fourth-order valence-corrected chi connectivity index (χ4v) is 2.94. The molecule has 0 bridgehead atoms. The number of morpholine rings is 1. The van der Waals surface area contributed by atoms with Crippen molar-refractivity contribution in [3.63, 3.8) is 0 Å². The molecule has 1 aromatic heterocycles. The molecule has 1 fully saturated rings. The van der Waals surface area contributed by atoms with Crippen molar-refractivity contribution < 1.29 is 14.3 Å². The molecule has 0 spiro atoms. The summed E-state index contributed by atoms with van der Waals surface area (Å²) >= 11 is 0. The topological polar surface area (TPSA) is 51.5 Å². The van der Waals surface area contributed by atoms with Crippen molar-refractivity contribution in [2.75, 3.05) is 26.3 Å². The second kappa shape index (κ2) is 6.54. The van der Waals surface area contributed by atoms with Gasteiger partial charge in [0.15, 0.2) is 5.78 Å². The van der Waals surface area contributed by atoms with Gasteiger partial charge in [0.25, 0.3) is 0 Å². The van der Waals surface area contributed by atoms with Gasteiger partial charge in [0, 0.05) is 41.7 Å². The molecular formula is C18H22N2O3. The Hall–Kier alpha value is -2.14. The molecule has 1 saturated heterocycles. The van der Waals surface area contributed by atoms with Crippen molar-refractivity contribution in [3.8, 4) is 0 Å². The van der Waals surface area contributed by atoms with Gasteiger partial charge in [-0.25, -0.2) is 0 Å². The van der Waals surface area contributed by atoms with E-state index < -0.39 is 0 Å². The molecule has 2 aromatic rings. The van der Waals surface area contributed by atoms with E-state index in [9.17, 15) is 9.59 Å². The van der Waals surface area contributed by atoms with Crippen molar-refractivity contribution in [1.82, 2.24) is 9.47 Å². The van der Waals surface area contributed by atoms with Crippen LogP contribution in [0.4, 0.5) is 0 Å². The largest absolute Gasteiger partial charge is 0.378 e. The summed E-state index contributed by atoms with van der Waals surface area (Å²) in [5.74, 6) is 0.112. The smallest absolute Gasteiger partial charge is 0.242 e. The highest BCUT2D eigenvalue weighted by atomic mass is 16.5. The molecule has 1 aliphatic heterocycles. The van der Waals surface area contributed by atoms with Crippen LogP contribution in [0.25, 0.3) is 10.9 Å². The molecule has 0 N–H and O–H groups in total. The number of amides is 1. The number of fused-ring (bicyclic) bond motifs is 1. The van der Waals surface area contributed by atoms with Gasteiger partial charge in [-0.2, -0.15) is 0 Å². The SMILES string of the molecule is CC(C)C(=O)c1cn(CC(=O)N2CCOCC2)c2ccccc12. The predicted octanol–water partition coefficient (Wildman–Crippen LogP) is 2.34. The maximum atomic E-state index is 12.5. The maximum absolute atomic E-state index is 12.5. The Morgan fingerprint density at radius 2 is 1.87 bits per heavy atom. The van der Waals surface area contributed by atoms with Crippen molar-refractivity contribution in [2.45, 2.75) is 20.4 Å². The molecule has 0 unspecified atom stereocenters. The van der Waals surface area contributed by atoms with Crippen molar-refractivity contribution in [2.24, 2.45) is 5.92 Å². The van der Waals surface area contributed by atoms with Gasteiger partial charge in [-0.15, -0.1) is 0 Å². The number of ether oxygens (including phenoxy) is 1. The summed E-state index contributed by atoms with van der Waals surface area (Å²) in [6, 6.07) is 7.76. The van der Waals surface area contributed by atoms with E-state index in [2.05, 4.69) is 0 Å². The van der Waals surface area contributed by atoms with Crippen LogP contribution >= 0.6 is 0 Å². The quantitative estimate of drug-likeness (QED) is 0.814. The molecule has 122 valence electrons. The Morgan fingerprint density at radius 3 is 2.57 bits per heavy atom. The summed E-state index contributed by atoms with van der Waals surface area (Å²) in [7, 11) is 0. The summed E-state index contributed by atoms with van der Waals surface area (Å²) in [5, 5.41) is 0.918. The van der Waals surface area contributed by atoms with Gasteiger partial charge in [0.1, 0.15) is 6.54 Å². The molecule has 5 nitrogen and oxygen atoms in total. The van der Waals surface area contributed by atoms with Gasteiger partial charge in [-0.3, -0.25) is 9.59 Å². The number of carbonyl (C=O) groups excluding carboxylic acids is 2. The van der Waals surface area contributed by atoms with Gasteiger partial charge in [0.2, 0.25) is 5.91 Å². The molecule has 1 aliphatic rings. The second-order valence-electron chi connectivity index (χ2n) is 6.20. The highest BCUT2D eigenvalue weighted by Crippen LogP contribution is 2.24. The first-order valence-electron chi connectivity index (χ1n) is 8.05. The molecule has 1 amide bonds. The lowest BCUT2D eigenvalue weighted by Gasteiger charge is -2.27. The Bertz CT molecular complexity index is 727. The van der Waals surface area contributed by atoms with E-state index in [1.54, 1.807) is 0 Å². The van der Waals surface area contributed by atoms with Gasteiger partial charge < -0.3 is 14.2 Å². The first-order chi connectivity index (χ1) is 11.1. The van der Waals surface area contributed by atoms with E-state index in [0.29, 0.717) is 31.9 Å². The van der Waals surface area contributed by atoms with Gasteiger partial charge in [0.05, 0.1) is 13.2 Å². The van der Waals surface area contributed by atoms with Crippen LogP contribution in [0.1, 0.15) is 24.2 Å². The highest BCUT2D eigenvalue weighted by molar-refractivity contribution is 6.09. The number of rotatable bonds is 4. The summed E-state index contributed by atoms with van der Waals surface area (Å²) in [6.45, 7) is 6.50. The van der Waals surface area contributed by atoms with Crippen LogP contribution in [0.2, 0.25) is 0 Å². The van der Waals surface area contributed by atoms with Crippen LogP contribution < -0.4 is 0 Å². The van der Waals surface area contributed by atoms with E-state index in [0.717, 1.165) is 10.9 Å². The number of ketones is 1. The summed E-state index contributed by atoms with van der Waals surface area (Å²) in [4.78, 5) is 26.7. The summed E-state index contributed by atoms with van der Waals surface area (Å²) < 4.78 is 7.18. The number of nitrogens with zero attached hydrogens (tertiary/aromatic N) is 2. The maximum Gasteiger partial charge on any atom is 0.242 e. The van der Waals surface area contributed by atoms with Crippen molar-refractivity contribution in [1.29, 1.82) is 0 Å². The average Bonchev–Trinajstić information content (AvgIpc) is 2.93. The normalized spacial score (nSPS) is 15.3. The minimum atomic E-state index is -0.0656. The van der Waals surface area contributed by atoms with Gasteiger partial charge in [-0.05, 0) is 6.07 Å². The zero-order valence-corrected chi connectivity index (χ0v) is 13.6. The lowest BCUT2D eigenvalue weighted by Crippen LogP contribution is -2.42. The lowest BCUT2D eigenvalue weighted by atomic mass is 10.0. The number of benzene rings is 1. The molecule has 0 aliphatic carbocycles. The first-order valence-corrected chi connectivity index (χ1v) is 8.05. The van der Waals surface area contributed by atoms with Crippen LogP contribution in [-0.4, -0.2) is 47.5 Å². The summed E-state index contributed by atoms with van der Waals surface area (Å²) in [5.41, 5.74) is 1.63. The van der Waals surface area contributed by atoms with Gasteiger partial charge in [-0.1, -0.05) is 32.0 Å². The number of Topliss-reactive ketones (excluding diaryl/α,β-unsaturated/α-hetero) is 1. The van der Waals surface area contributed by atoms with Crippen molar-refractivity contribution in [3.05, 3.63) is 36.0 Å². The Kier molecular flexibility index (Phi) is 4.48. The molecular weight excluding hydrogens is 292 g/mol. The predicted molar refractivity (Wildman–Crippen MR) is 88.5 cm³/mol. The fraction of sp³-hybridized carbons (Fsp3) is 0.444. The third-order valence-electron chi connectivity index (χ3n) is 4.25. The molecule has 0 radical (unpaired) electrons. The third kappa shape index (κ3) is 3.15. The molecule has 0 saturated carbocycles. The van der Waals surface area contributed by atoms with Crippen LogP contribution in [0.15, 0.2) is 30.5 Å². The Balaban J connectivity index is 1.91. The van der Waals surface area contributed by atoms with E-state index >= 15 is 0 Å². The average molecular weight is 314 g/mol. The number of hydrogen-bond acceptors (Lipinski definition) is 3. The minimum Gasteiger partial charge on any atom is -0.378 e. The number of hydrogen-bond donors (Lipinski definition) is 0. The van der Waals surface area contributed by atoms with Crippen LogP contribution in [0.5, 0.6) is 0 Å². The zero-order chi connectivity index (χ0) is 16.4. The molecule has 1 aromatic carbocycles. The summed E-state index contributed by atoms with van der Waals surface area (Å²) in [6.07, 6.45) is 1.82. The standard InChI is InChI=1S/C18H22N2O3/c1-13(2)18(22)15-11-20(16-6-4-3-5-14(15)16)12-17(21)19-7-9-23-10-8-19/h3-6,11,13H,7-10,12H2,1-2H3. The van der Waals surface area contributed by atoms with E-state index in [1.807, 2.05) is 53.8 Å². The molecule has 23 heavy (non-hydrogen) atoms. The van der Waals surface area contributed by atoms with Crippen molar-refractivity contribution >= 4 is 22.6 Å². The van der Waals surface area contributed by atoms with Crippen LogP contribution in [0, 0.1) is 5.92 Å². The van der Waals surface area contributed by atoms with Crippen LogP contribution in [0.3, 0.4) is 0 Å².